The molecule has 9 heteroatoms. The molecule has 158 valence electrons. The number of piperazine rings is 1. The molecule has 0 spiro atoms. The summed E-state index contributed by atoms with van der Waals surface area (Å²) in [6.07, 6.45) is 3.94. The number of nitrogens with zero attached hydrogens (tertiary/aromatic N) is 3. The summed E-state index contributed by atoms with van der Waals surface area (Å²) in [6.45, 7) is 7.98. The smallest absolute Gasteiger partial charge is 0.223 e. The Bertz CT molecular complexity index is 477. The standard InChI is InChI=1S/C18H33N5O2.2ClH/c19-6-1-9-23-16-4-11-22(14-15(16)2-3-18(23)25)17(24)5-10-21-12-7-20-8-13-21;;/h15-16,20H,1-14,19H2;2*1H/t15-,16+;;/m0../s1. The summed E-state index contributed by atoms with van der Waals surface area (Å²) in [7, 11) is 0. The first-order valence-corrected chi connectivity index (χ1v) is 9.89. The average Bonchev–Trinajstić information content (AvgIpc) is 2.66. The Kier molecular flexibility index (Phi) is 10.9. The lowest BCUT2D eigenvalue weighted by Gasteiger charge is -2.47. The molecule has 2 amide bonds. The van der Waals surface area contributed by atoms with E-state index in [0.29, 0.717) is 31.3 Å². The molecule has 0 aromatic heterocycles. The van der Waals surface area contributed by atoms with E-state index in [1.165, 1.54) is 0 Å². The second kappa shape index (κ2) is 12.1. The lowest BCUT2D eigenvalue weighted by Crippen LogP contribution is -2.57. The van der Waals surface area contributed by atoms with Gasteiger partial charge in [0.2, 0.25) is 11.8 Å². The van der Waals surface area contributed by atoms with Crippen LogP contribution in [0, 0.1) is 5.92 Å². The molecule has 3 aliphatic heterocycles. The number of nitrogens with two attached hydrogens (primary N) is 1. The first-order chi connectivity index (χ1) is 12.2. The number of nitrogens with one attached hydrogen (secondary N) is 1. The van der Waals surface area contributed by atoms with E-state index in [2.05, 4.69) is 10.2 Å². The molecule has 0 aliphatic carbocycles. The van der Waals surface area contributed by atoms with Crippen LogP contribution in [0.3, 0.4) is 0 Å². The minimum Gasteiger partial charge on any atom is -0.342 e. The van der Waals surface area contributed by atoms with Gasteiger partial charge in [0.15, 0.2) is 0 Å². The molecule has 0 saturated carbocycles. The van der Waals surface area contributed by atoms with Gasteiger partial charge in [0.05, 0.1) is 0 Å². The van der Waals surface area contributed by atoms with Crippen LogP contribution >= 0.6 is 24.8 Å². The van der Waals surface area contributed by atoms with E-state index in [0.717, 1.165) is 71.6 Å². The summed E-state index contributed by atoms with van der Waals surface area (Å²) < 4.78 is 0. The Morgan fingerprint density at radius 2 is 1.85 bits per heavy atom. The molecular formula is C18H35Cl2N5O2. The summed E-state index contributed by atoms with van der Waals surface area (Å²) in [5.41, 5.74) is 5.62. The van der Waals surface area contributed by atoms with E-state index in [-0.39, 0.29) is 36.6 Å². The number of rotatable bonds is 6. The van der Waals surface area contributed by atoms with Gasteiger partial charge in [-0.2, -0.15) is 0 Å². The number of likely N-dealkylation sites (tertiary alicyclic amines) is 2. The van der Waals surface area contributed by atoms with Gasteiger partial charge in [-0.25, -0.2) is 0 Å². The monoisotopic (exact) mass is 423 g/mol. The zero-order valence-electron chi connectivity index (χ0n) is 16.1. The third-order valence-electron chi connectivity index (χ3n) is 5.95. The first kappa shape index (κ1) is 24.4. The topological polar surface area (TPSA) is 81.9 Å². The zero-order valence-corrected chi connectivity index (χ0v) is 17.7. The van der Waals surface area contributed by atoms with E-state index >= 15 is 0 Å². The van der Waals surface area contributed by atoms with Gasteiger partial charge in [0.25, 0.3) is 0 Å². The second-order valence-electron chi connectivity index (χ2n) is 7.57. The molecule has 0 aromatic rings. The average molecular weight is 424 g/mol. The number of piperidine rings is 2. The Balaban J connectivity index is 0.00000182. The van der Waals surface area contributed by atoms with Gasteiger partial charge in [0.1, 0.15) is 0 Å². The van der Waals surface area contributed by atoms with Crippen LogP contribution in [-0.4, -0.2) is 91.5 Å². The van der Waals surface area contributed by atoms with Crippen LogP contribution < -0.4 is 11.1 Å². The third kappa shape index (κ3) is 6.46. The van der Waals surface area contributed by atoms with Crippen LogP contribution in [0.4, 0.5) is 0 Å². The molecule has 0 radical (unpaired) electrons. The van der Waals surface area contributed by atoms with Crippen LogP contribution in [0.15, 0.2) is 0 Å². The van der Waals surface area contributed by atoms with E-state index in [1.54, 1.807) is 0 Å². The van der Waals surface area contributed by atoms with Crippen molar-refractivity contribution < 1.29 is 9.59 Å². The molecule has 0 bridgehead atoms. The molecule has 0 aromatic carbocycles. The van der Waals surface area contributed by atoms with E-state index < -0.39 is 0 Å². The van der Waals surface area contributed by atoms with Gasteiger partial charge >= 0.3 is 0 Å². The highest BCUT2D eigenvalue weighted by Crippen LogP contribution is 2.31. The Hall–Kier alpha value is -0.600. The molecule has 7 nitrogen and oxygen atoms in total. The summed E-state index contributed by atoms with van der Waals surface area (Å²) in [4.78, 5) is 31.3. The van der Waals surface area contributed by atoms with Crippen molar-refractivity contribution in [2.45, 2.75) is 38.1 Å². The number of hydrogen-bond acceptors (Lipinski definition) is 5. The van der Waals surface area contributed by atoms with Crippen molar-refractivity contribution in [2.75, 3.05) is 58.9 Å². The summed E-state index contributed by atoms with van der Waals surface area (Å²) >= 11 is 0. The lowest BCUT2D eigenvalue weighted by atomic mass is 9.83. The highest BCUT2D eigenvalue weighted by Gasteiger charge is 2.39. The van der Waals surface area contributed by atoms with Gasteiger partial charge in [-0.1, -0.05) is 0 Å². The van der Waals surface area contributed by atoms with Crippen LogP contribution in [0.5, 0.6) is 0 Å². The Morgan fingerprint density at radius 3 is 2.56 bits per heavy atom. The number of fused-ring (bicyclic) bond motifs is 1. The van der Waals surface area contributed by atoms with E-state index in [4.69, 9.17) is 5.73 Å². The highest BCUT2D eigenvalue weighted by molar-refractivity contribution is 5.85. The van der Waals surface area contributed by atoms with E-state index in [1.807, 2.05) is 9.80 Å². The van der Waals surface area contributed by atoms with Crippen LogP contribution in [0.1, 0.15) is 32.1 Å². The minimum absolute atomic E-state index is 0. The van der Waals surface area contributed by atoms with Crippen molar-refractivity contribution in [2.24, 2.45) is 11.7 Å². The highest BCUT2D eigenvalue weighted by atomic mass is 35.5. The number of hydrogen-bond donors (Lipinski definition) is 2. The quantitative estimate of drug-likeness (QED) is 0.642. The van der Waals surface area contributed by atoms with Crippen molar-refractivity contribution >= 4 is 36.6 Å². The maximum Gasteiger partial charge on any atom is 0.223 e. The molecule has 3 fully saturated rings. The van der Waals surface area contributed by atoms with Crippen LogP contribution in [-0.2, 0) is 9.59 Å². The minimum atomic E-state index is 0. The SMILES string of the molecule is Cl.Cl.NCCCN1C(=O)CC[C@H]2CN(C(=O)CCN3CCNCC3)CC[C@H]21. The van der Waals surface area contributed by atoms with Gasteiger partial charge < -0.3 is 25.8 Å². The predicted molar refractivity (Wildman–Crippen MR) is 112 cm³/mol. The maximum absolute atomic E-state index is 12.6. The first-order valence-electron chi connectivity index (χ1n) is 9.89. The largest absolute Gasteiger partial charge is 0.342 e. The van der Waals surface area contributed by atoms with Crippen LogP contribution in [0.25, 0.3) is 0 Å². The second-order valence-corrected chi connectivity index (χ2v) is 7.57. The Morgan fingerprint density at radius 1 is 1.11 bits per heavy atom. The summed E-state index contributed by atoms with van der Waals surface area (Å²) in [5, 5.41) is 3.34. The molecule has 3 saturated heterocycles. The lowest BCUT2D eigenvalue weighted by molar-refractivity contribution is -0.144. The van der Waals surface area contributed by atoms with Gasteiger partial charge in [0, 0.05) is 71.2 Å². The summed E-state index contributed by atoms with van der Waals surface area (Å²) in [5.74, 6) is 0.989. The maximum atomic E-state index is 12.6. The van der Waals surface area contributed by atoms with E-state index in [9.17, 15) is 9.59 Å². The fourth-order valence-electron chi connectivity index (χ4n) is 4.48. The van der Waals surface area contributed by atoms with Crippen molar-refractivity contribution in [1.82, 2.24) is 20.0 Å². The number of carbonyl (C=O) groups excluding carboxylic acids is 2. The number of amides is 2. The van der Waals surface area contributed by atoms with Crippen molar-refractivity contribution in [3.05, 3.63) is 0 Å². The van der Waals surface area contributed by atoms with Gasteiger partial charge in [-0.3, -0.25) is 9.59 Å². The molecule has 3 N–H and O–H groups in total. The zero-order chi connectivity index (χ0) is 17.6. The molecular weight excluding hydrogens is 389 g/mol. The predicted octanol–water partition coefficient (Wildman–Crippen LogP) is 0.314. The molecule has 3 heterocycles. The fraction of sp³-hybridized carbons (Fsp3) is 0.889. The van der Waals surface area contributed by atoms with Gasteiger partial charge in [-0.05, 0) is 31.7 Å². The van der Waals surface area contributed by atoms with Gasteiger partial charge in [-0.15, -0.1) is 24.8 Å². The van der Waals surface area contributed by atoms with Crippen LogP contribution in [0.2, 0.25) is 0 Å². The summed E-state index contributed by atoms with van der Waals surface area (Å²) in [6, 6.07) is 0.310. The Labute approximate surface area is 175 Å². The number of halogens is 2. The molecule has 3 rings (SSSR count). The van der Waals surface area contributed by atoms with Crippen molar-refractivity contribution in [3.63, 3.8) is 0 Å². The van der Waals surface area contributed by atoms with Crippen molar-refractivity contribution in [1.29, 1.82) is 0 Å². The molecule has 0 unspecified atom stereocenters. The fourth-order valence-corrected chi connectivity index (χ4v) is 4.48. The molecule has 3 aliphatic rings. The molecule has 2 atom stereocenters. The number of carbonyl (C=O) groups is 2. The van der Waals surface area contributed by atoms with Crippen molar-refractivity contribution in [3.8, 4) is 0 Å². The normalized spacial score (nSPS) is 26.0. The molecule has 27 heavy (non-hydrogen) atoms. The third-order valence-corrected chi connectivity index (χ3v) is 5.95.